The van der Waals surface area contributed by atoms with E-state index < -0.39 is 0 Å². The maximum atomic E-state index is 9.49. The number of hydrogen-bond acceptors (Lipinski definition) is 3. The van der Waals surface area contributed by atoms with E-state index >= 15 is 0 Å². The van der Waals surface area contributed by atoms with Gasteiger partial charge in [0.25, 0.3) is 0 Å². The standard InChI is InChI=1S/C18H20Cl2N4/c1-12-4-6-23(7-5-12)18-17(22)9-15(10-21)24(18)11-13-2-3-14(19)8-16(13)20/h2-3,8-9,12H,4-7,11,22H2,1H3. The topological polar surface area (TPSA) is 58.0 Å². The Labute approximate surface area is 152 Å². The van der Waals surface area contributed by atoms with E-state index in [1.165, 1.54) is 0 Å². The molecule has 1 aliphatic rings. The van der Waals surface area contributed by atoms with E-state index in [-0.39, 0.29) is 0 Å². The SMILES string of the molecule is CC1CCN(c2c(N)cc(C#N)n2Cc2ccc(Cl)cc2Cl)CC1. The van der Waals surface area contributed by atoms with Crippen molar-refractivity contribution in [2.45, 2.75) is 26.3 Å². The number of nitrogens with zero attached hydrogens (tertiary/aromatic N) is 3. The van der Waals surface area contributed by atoms with Gasteiger partial charge in [0.2, 0.25) is 0 Å². The Morgan fingerprint density at radius 3 is 2.58 bits per heavy atom. The number of nitrogen functional groups attached to an aromatic ring is 1. The molecule has 1 aromatic heterocycles. The molecule has 0 unspecified atom stereocenters. The van der Waals surface area contributed by atoms with Crippen LogP contribution in [0.15, 0.2) is 24.3 Å². The molecule has 1 saturated heterocycles. The van der Waals surface area contributed by atoms with E-state index in [1.54, 1.807) is 12.1 Å². The summed E-state index contributed by atoms with van der Waals surface area (Å²) in [6, 6.07) is 9.41. The first-order valence-corrected chi connectivity index (χ1v) is 8.83. The molecule has 3 rings (SSSR count). The number of nitrogens with two attached hydrogens (primary N) is 1. The van der Waals surface area contributed by atoms with Crippen molar-refractivity contribution in [2.24, 2.45) is 5.92 Å². The summed E-state index contributed by atoms with van der Waals surface area (Å²) >= 11 is 12.3. The normalized spacial score (nSPS) is 15.5. The second kappa shape index (κ2) is 6.96. The molecule has 1 fully saturated rings. The summed E-state index contributed by atoms with van der Waals surface area (Å²) < 4.78 is 1.96. The number of benzene rings is 1. The van der Waals surface area contributed by atoms with Crippen LogP contribution < -0.4 is 10.6 Å². The molecule has 2 N–H and O–H groups in total. The molecule has 0 amide bonds. The van der Waals surface area contributed by atoms with E-state index in [2.05, 4.69) is 17.9 Å². The van der Waals surface area contributed by atoms with Crippen LogP contribution in [0.2, 0.25) is 10.0 Å². The van der Waals surface area contributed by atoms with Crippen LogP contribution in [0.3, 0.4) is 0 Å². The molecule has 0 saturated carbocycles. The Kier molecular flexibility index (Phi) is 4.93. The van der Waals surface area contributed by atoms with Crippen LogP contribution in [0.4, 0.5) is 11.5 Å². The fourth-order valence-corrected chi connectivity index (χ4v) is 3.67. The van der Waals surface area contributed by atoms with Crippen molar-refractivity contribution in [3.05, 3.63) is 45.6 Å². The summed E-state index contributed by atoms with van der Waals surface area (Å²) in [6.45, 7) is 4.68. The molecular weight excluding hydrogens is 343 g/mol. The number of piperidine rings is 1. The Balaban J connectivity index is 1.98. The average Bonchev–Trinajstić information content (AvgIpc) is 2.86. The number of halogens is 2. The van der Waals surface area contributed by atoms with Gasteiger partial charge in [-0.2, -0.15) is 5.26 Å². The third-order valence-electron chi connectivity index (χ3n) is 4.64. The molecule has 126 valence electrons. The molecule has 0 atom stereocenters. The minimum absolute atomic E-state index is 0.498. The van der Waals surface area contributed by atoms with Gasteiger partial charge in [0.1, 0.15) is 17.6 Å². The smallest absolute Gasteiger partial charge is 0.133 e. The highest BCUT2D eigenvalue weighted by Crippen LogP contribution is 2.33. The molecule has 6 heteroatoms. The quantitative estimate of drug-likeness (QED) is 0.871. The Morgan fingerprint density at radius 2 is 1.96 bits per heavy atom. The molecule has 0 spiro atoms. The Morgan fingerprint density at radius 1 is 1.25 bits per heavy atom. The van der Waals surface area contributed by atoms with Crippen molar-refractivity contribution in [1.82, 2.24) is 4.57 Å². The second-order valence-electron chi connectivity index (χ2n) is 6.41. The number of rotatable bonds is 3. The number of nitriles is 1. The van der Waals surface area contributed by atoms with Crippen LogP contribution in [-0.4, -0.2) is 17.7 Å². The summed E-state index contributed by atoms with van der Waals surface area (Å²) in [6.07, 6.45) is 2.27. The van der Waals surface area contributed by atoms with Crippen LogP contribution in [-0.2, 0) is 6.54 Å². The van der Waals surface area contributed by atoms with Crippen molar-refractivity contribution in [2.75, 3.05) is 23.7 Å². The van der Waals surface area contributed by atoms with Gasteiger partial charge in [-0.15, -0.1) is 0 Å². The van der Waals surface area contributed by atoms with Crippen molar-refractivity contribution in [3.8, 4) is 6.07 Å². The predicted molar refractivity (Wildman–Crippen MR) is 99.7 cm³/mol. The second-order valence-corrected chi connectivity index (χ2v) is 7.26. The van der Waals surface area contributed by atoms with Crippen molar-refractivity contribution in [1.29, 1.82) is 5.26 Å². The first-order valence-electron chi connectivity index (χ1n) is 8.07. The molecular formula is C18H20Cl2N4. The summed E-state index contributed by atoms with van der Waals surface area (Å²) in [4.78, 5) is 2.28. The largest absolute Gasteiger partial charge is 0.396 e. The number of hydrogen-bond donors (Lipinski definition) is 1. The van der Waals surface area contributed by atoms with Gasteiger partial charge < -0.3 is 15.2 Å². The summed E-state index contributed by atoms with van der Waals surface area (Å²) in [7, 11) is 0. The van der Waals surface area contributed by atoms with Crippen LogP contribution in [0.5, 0.6) is 0 Å². The van der Waals surface area contributed by atoms with Gasteiger partial charge in [-0.05, 0) is 42.5 Å². The lowest BCUT2D eigenvalue weighted by Gasteiger charge is -2.33. The van der Waals surface area contributed by atoms with Crippen molar-refractivity contribution < 1.29 is 0 Å². The first-order chi connectivity index (χ1) is 11.5. The zero-order chi connectivity index (χ0) is 17.3. The van der Waals surface area contributed by atoms with E-state index in [4.69, 9.17) is 28.9 Å². The van der Waals surface area contributed by atoms with Gasteiger partial charge in [-0.25, -0.2) is 0 Å². The molecule has 2 heterocycles. The van der Waals surface area contributed by atoms with Crippen LogP contribution >= 0.6 is 23.2 Å². The molecule has 4 nitrogen and oxygen atoms in total. The molecule has 0 bridgehead atoms. The Hall–Kier alpha value is -1.83. The van der Waals surface area contributed by atoms with Crippen LogP contribution in [0.25, 0.3) is 0 Å². The molecule has 24 heavy (non-hydrogen) atoms. The average molecular weight is 363 g/mol. The molecule has 2 aromatic rings. The molecule has 1 aliphatic heterocycles. The van der Waals surface area contributed by atoms with Crippen molar-refractivity contribution >= 4 is 34.7 Å². The minimum Gasteiger partial charge on any atom is -0.396 e. The predicted octanol–water partition coefficient (Wildman–Crippen LogP) is 4.53. The van der Waals surface area contributed by atoms with E-state index in [0.717, 1.165) is 43.2 Å². The maximum Gasteiger partial charge on any atom is 0.133 e. The van der Waals surface area contributed by atoms with Crippen LogP contribution in [0.1, 0.15) is 31.0 Å². The molecule has 0 radical (unpaired) electrons. The minimum atomic E-state index is 0.498. The third-order valence-corrected chi connectivity index (χ3v) is 5.23. The van der Waals surface area contributed by atoms with Gasteiger partial charge in [0, 0.05) is 23.1 Å². The summed E-state index contributed by atoms with van der Waals surface area (Å²) in [5.74, 6) is 1.65. The lowest BCUT2D eigenvalue weighted by molar-refractivity contribution is 0.434. The van der Waals surface area contributed by atoms with Gasteiger partial charge >= 0.3 is 0 Å². The van der Waals surface area contributed by atoms with E-state index in [1.807, 2.05) is 16.7 Å². The maximum absolute atomic E-state index is 9.49. The number of anilines is 2. The van der Waals surface area contributed by atoms with Gasteiger partial charge in [0.15, 0.2) is 0 Å². The van der Waals surface area contributed by atoms with Crippen LogP contribution in [0, 0.1) is 17.2 Å². The van der Waals surface area contributed by atoms with Gasteiger partial charge in [0.05, 0.1) is 12.2 Å². The third kappa shape index (κ3) is 3.33. The molecule has 1 aromatic carbocycles. The zero-order valence-corrected chi connectivity index (χ0v) is 15.1. The number of aromatic nitrogens is 1. The summed E-state index contributed by atoms with van der Waals surface area (Å²) in [5, 5.41) is 10.7. The van der Waals surface area contributed by atoms with E-state index in [9.17, 15) is 5.26 Å². The lowest BCUT2D eigenvalue weighted by Crippen LogP contribution is -2.35. The van der Waals surface area contributed by atoms with Crippen molar-refractivity contribution in [3.63, 3.8) is 0 Å². The van der Waals surface area contributed by atoms with Gasteiger partial charge in [-0.1, -0.05) is 36.2 Å². The lowest BCUT2D eigenvalue weighted by atomic mass is 9.99. The fourth-order valence-electron chi connectivity index (χ4n) is 3.21. The molecule has 0 aliphatic carbocycles. The highest BCUT2D eigenvalue weighted by molar-refractivity contribution is 6.35. The summed E-state index contributed by atoms with van der Waals surface area (Å²) in [5.41, 5.74) is 8.34. The van der Waals surface area contributed by atoms with Gasteiger partial charge in [-0.3, -0.25) is 0 Å². The monoisotopic (exact) mass is 362 g/mol. The zero-order valence-electron chi connectivity index (χ0n) is 13.6. The first kappa shape index (κ1) is 17.0. The van der Waals surface area contributed by atoms with E-state index in [0.29, 0.717) is 28.0 Å². The Bertz CT molecular complexity index is 783. The highest BCUT2D eigenvalue weighted by Gasteiger charge is 2.23. The fraction of sp³-hybridized carbons (Fsp3) is 0.389. The highest BCUT2D eigenvalue weighted by atomic mass is 35.5.